The van der Waals surface area contributed by atoms with E-state index in [1.54, 1.807) is 0 Å². The fourth-order valence-corrected chi connectivity index (χ4v) is 3.61. The second kappa shape index (κ2) is 5.51. The van der Waals surface area contributed by atoms with E-state index < -0.39 is 5.54 Å². The minimum Gasteiger partial charge on any atom is -0.340 e. The summed E-state index contributed by atoms with van der Waals surface area (Å²) < 4.78 is 0. The third-order valence-electron chi connectivity index (χ3n) is 5.14. The molecule has 1 aliphatic carbocycles. The summed E-state index contributed by atoms with van der Waals surface area (Å²) in [4.78, 5) is 26.6. The van der Waals surface area contributed by atoms with Gasteiger partial charge in [-0.25, -0.2) is 0 Å². The molecule has 4 nitrogen and oxygen atoms in total. The molecule has 1 saturated carbocycles. The molecule has 2 amide bonds. The van der Waals surface area contributed by atoms with Crippen LogP contribution < -0.4 is 5.32 Å². The van der Waals surface area contributed by atoms with E-state index in [2.05, 4.69) is 12.2 Å². The number of carbonyl (C=O) groups excluding carboxylic acids is 2. The topological polar surface area (TPSA) is 49.4 Å². The van der Waals surface area contributed by atoms with Crippen molar-refractivity contribution in [2.24, 2.45) is 5.92 Å². The van der Waals surface area contributed by atoms with Crippen molar-refractivity contribution in [3.8, 4) is 0 Å². The Morgan fingerprint density at radius 1 is 1.26 bits per heavy atom. The summed E-state index contributed by atoms with van der Waals surface area (Å²) in [5, 5.41) is 2.92. The largest absolute Gasteiger partial charge is 0.340 e. The van der Waals surface area contributed by atoms with E-state index in [4.69, 9.17) is 0 Å². The molecule has 108 valence electrons. The van der Waals surface area contributed by atoms with Gasteiger partial charge >= 0.3 is 0 Å². The van der Waals surface area contributed by atoms with Gasteiger partial charge in [0.15, 0.2) is 0 Å². The maximum absolute atomic E-state index is 12.8. The molecule has 0 spiro atoms. The molecule has 2 aliphatic rings. The molecule has 0 aromatic heterocycles. The van der Waals surface area contributed by atoms with Crippen molar-refractivity contribution in [3.05, 3.63) is 0 Å². The Bertz CT molecular complexity index is 357. The van der Waals surface area contributed by atoms with Crippen molar-refractivity contribution in [1.29, 1.82) is 0 Å². The van der Waals surface area contributed by atoms with E-state index in [-0.39, 0.29) is 24.4 Å². The molecule has 2 fully saturated rings. The molecule has 1 N–H and O–H groups in total. The van der Waals surface area contributed by atoms with Gasteiger partial charge in [-0.3, -0.25) is 9.59 Å². The number of carbonyl (C=O) groups is 2. The van der Waals surface area contributed by atoms with Crippen molar-refractivity contribution in [1.82, 2.24) is 10.2 Å². The number of piperazine rings is 1. The van der Waals surface area contributed by atoms with Gasteiger partial charge in [0, 0.05) is 6.04 Å². The summed E-state index contributed by atoms with van der Waals surface area (Å²) in [6, 6.07) is 0.193. The summed E-state index contributed by atoms with van der Waals surface area (Å²) in [5.41, 5.74) is -0.664. The third-order valence-corrected chi connectivity index (χ3v) is 5.14. The highest BCUT2D eigenvalue weighted by Gasteiger charge is 2.46. The summed E-state index contributed by atoms with van der Waals surface area (Å²) >= 11 is 0. The van der Waals surface area contributed by atoms with Gasteiger partial charge in [0.1, 0.15) is 5.54 Å². The van der Waals surface area contributed by atoms with Crippen molar-refractivity contribution in [2.75, 3.05) is 6.54 Å². The zero-order chi connectivity index (χ0) is 14.0. The average Bonchev–Trinajstić information content (AvgIpc) is 2.94. The lowest BCUT2D eigenvalue weighted by molar-refractivity contribution is -0.153. The van der Waals surface area contributed by atoms with E-state index in [1.807, 2.05) is 18.7 Å². The SMILES string of the molecule is CCC1(CC)NC(=O)CN(C(C)C2CCCC2)C1=O. The molecule has 0 aromatic carbocycles. The molecule has 0 aromatic rings. The Balaban J connectivity index is 2.19. The normalized spacial score (nSPS) is 25.5. The molecule has 4 heteroatoms. The number of rotatable bonds is 4. The minimum absolute atomic E-state index is 0.00635. The molecular formula is C15H26N2O2. The molecule has 0 bridgehead atoms. The first-order chi connectivity index (χ1) is 9.04. The molecule has 1 unspecified atom stereocenters. The standard InChI is InChI=1S/C15H26N2O2/c1-4-15(5-2)14(19)17(10-13(18)16-15)11(3)12-8-6-7-9-12/h11-12H,4-10H2,1-3H3,(H,16,18). The molecule has 1 heterocycles. The van der Waals surface area contributed by atoms with Crippen molar-refractivity contribution in [3.63, 3.8) is 0 Å². The Kier molecular flexibility index (Phi) is 4.16. The molecule has 2 rings (SSSR count). The number of nitrogens with one attached hydrogen (secondary N) is 1. The number of nitrogens with zero attached hydrogens (tertiary/aromatic N) is 1. The minimum atomic E-state index is -0.664. The summed E-state index contributed by atoms with van der Waals surface area (Å²) in [5.74, 6) is 0.686. The van der Waals surface area contributed by atoms with Gasteiger partial charge in [0.25, 0.3) is 0 Å². The lowest BCUT2D eigenvalue weighted by Gasteiger charge is -2.45. The second-order valence-electron chi connectivity index (χ2n) is 6.06. The third kappa shape index (κ3) is 2.49. The van der Waals surface area contributed by atoms with E-state index in [0.717, 1.165) is 0 Å². The van der Waals surface area contributed by atoms with Crippen LogP contribution in [0.1, 0.15) is 59.3 Å². The van der Waals surface area contributed by atoms with Crippen LogP contribution in [0.3, 0.4) is 0 Å². The Hall–Kier alpha value is -1.06. The average molecular weight is 266 g/mol. The molecule has 1 aliphatic heterocycles. The van der Waals surface area contributed by atoms with Crippen LogP contribution >= 0.6 is 0 Å². The lowest BCUT2D eigenvalue weighted by atomic mass is 9.86. The lowest BCUT2D eigenvalue weighted by Crippen LogP contribution is -2.68. The van der Waals surface area contributed by atoms with Gasteiger partial charge in [-0.05, 0) is 38.5 Å². The predicted octanol–water partition coefficient (Wildman–Crippen LogP) is 2.08. The van der Waals surface area contributed by atoms with E-state index in [1.165, 1.54) is 25.7 Å². The highest BCUT2D eigenvalue weighted by Crippen LogP contribution is 2.33. The van der Waals surface area contributed by atoms with E-state index >= 15 is 0 Å². The van der Waals surface area contributed by atoms with Crippen molar-refractivity contribution < 1.29 is 9.59 Å². The second-order valence-corrected chi connectivity index (χ2v) is 6.06. The maximum Gasteiger partial charge on any atom is 0.249 e. The first-order valence-electron chi connectivity index (χ1n) is 7.66. The number of amides is 2. The van der Waals surface area contributed by atoms with Crippen molar-refractivity contribution >= 4 is 11.8 Å². The Labute approximate surface area is 115 Å². The van der Waals surface area contributed by atoms with Gasteiger partial charge < -0.3 is 10.2 Å². The van der Waals surface area contributed by atoms with Crippen LogP contribution in [0.15, 0.2) is 0 Å². The van der Waals surface area contributed by atoms with Gasteiger partial charge in [-0.2, -0.15) is 0 Å². The number of hydrogen-bond acceptors (Lipinski definition) is 2. The molecule has 1 atom stereocenters. The molecule has 0 radical (unpaired) electrons. The predicted molar refractivity (Wildman–Crippen MR) is 74.6 cm³/mol. The Morgan fingerprint density at radius 3 is 2.37 bits per heavy atom. The van der Waals surface area contributed by atoms with Crippen molar-refractivity contribution in [2.45, 2.75) is 70.9 Å². The van der Waals surface area contributed by atoms with Crippen LogP contribution in [0.25, 0.3) is 0 Å². The summed E-state index contributed by atoms with van der Waals surface area (Å²) in [7, 11) is 0. The smallest absolute Gasteiger partial charge is 0.249 e. The zero-order valence-corrected chi connectivity index (χ0v) is 12.4. The first-order valence-corrected chi connectivity index (χ1v) is 7.66. The maximum atomic E-state index is 12.8. The van der Waals surface area contributed by atoms with Crippen LogP contribution in [-0.2, 0) is 9.59 Å². The fraction of sp³-hybridized carbons (Fsp3) is 0.867. The Morgan fingerprint density at radius 2 is 1.84 bits per heavy atom. The van der Waals surface area contributed by atoms with Gasteiger partial charge in [0.2, 0.25) is 11.8 Å². The molecule has 19 heavy (non-hydrogen) atoms. The van der Waals surface area contributed by atoms with Gasteiger partial charge in [-0.1, -0.05) is 26.7 Å². The fourth-order valence-electron chi connectivity index (χ4n) is 3.61. The van der Waals surface area contributed by atoms with Crippen LogP contribution in [0.2, 0.25) is 0 Å². The zero-order valence-electron chi connectivity index (χ0n) is 12.4. The molecular weight excluding hydrogens is 240 g/mol. The molecule has 1 saturated heterocycles. The van der Waals surface area contributed by atoms with Gasteiger partial charge in [-0.15, -0.1) is 0 Å². The highest BCUT2D eigenvalue weighted by atomic mass is 16.2. The van der Waals surface area contributed by atoms with Crippen LogP contribution in [0, 0.1) is 5.92 Å². The summed E-state index contributed by atoms with van der Waals surface area (Å²) in [6.07, 6.45) is 6.24. The monoisotopic (exact) mass is 266 g/mol. The first kappa shape index (κ1) is 14.4. The quantitative estimate of drug-likeness (QED) is 0.847. The van der Waals surface area contributed by atoms with E-state index in [9.17, 15) is 9.59 Å². The van der Waals surface area contributed by atoms with Crippen LogP contribution in [0.5, 0.6) is 0 Å². The highest BCUT2D eigenvalue weighted by molar-refractivity contribution is 5.98. The van der Waals surface area contributed by atoms with Crippen LogP contribution in [0.4, 0.5) is 0 Å². The van der Waals surface area contributed by atoms with Gasteiger partial charge in [0.05, 0.1) is 6.54 Å². The number of hydrogen-bond donors (Lipinski definition) is 1. The van der Waals surface area contributed by atoms with Crippen LogP contribution in [-0.4, -0.2) is 34.8 Å². The van der Waals surface area contributed by atoms with E-state index in [0.29, 0.717) is 18.8 Å². The summed E-state index contributed by atoms with van der Waals surface area (Å²) in [6.45, 7) is 6.30.